The first-order valence-corrected chi connectivity index (χ1v) is 7.60. The summed E-state index contributed by atoms with van der Waals surface area (Å²) in [7, 11) is 0. The molecule has 0 saturated heterocycles. The lowest BCUT2D eigenvalue weighted by Gasteiger charge is -2.13. The predicted molar refractivity (Wildman–Crippen MR) is 88.7 cm³/mol. The third-order valence-corrected chi connectivity index (χ3v) is 3.88. The van der Waals surface area contributed by atoms with Crippen LogP contribution >= 0.6 is 11.6 Å². The predicted octanol–water partition coefficient (Wildman–Crippen LogP) is 3.30. The van der Waals surface area contributed by atoms with Gasteiger partial charge < -0.3 is 9.88 Å². The van der Waals surface area contributed by atoms with E-state index in [-0.39, 0.29) is 23.3 Å². The Hall–Kier alpha value is -2.73. The number of carbonyl (C=O) groups excluding carboxylic acids is 1. The van der Waals surface area contributed by atoms with Gasteiger partial charge in [0.25, 0.3) is 5.91 Å². The van der Waals surface area contributed by atoms with Gasteiger partial charge in [0.1, 0.15) is 11.6 Å². The molecule has 0 radical (unpaired) electrons. The Morgan fingerprint density at radius 3 is 2.88 bits per heavy atom. The molecule has 0 aliphatic carbocycles. The molecule has 0 saturated carbocycles. The van der Waals surface area contributed by atoms with Gasteiger partial charge in [-0.25, -0.2) is 9.37 Å². The van der Waals surface area contributed by atoms with Crippen LogP contribution in [-0.2, 0) is 6.54 Å². The van der Waals surface area contributed by atoms with Crippen LogP contribution < -0.4 is 5.32 Å². The van der Waals surface area contributed by atoms with Crippen molar-refractivity contribution in [2.24, 2.45) is 0 Å². The molecule has 1 aromatic carbocycles. The number of hydrogen-bond donors (Lipinski definition) is 1. The summed E-state index contributed by atoms with van der Waals surface area (Å²) in [5.41, 5.74) is 1.71. The van der Waals surface area contributed by atoms with Gasteiger partial charge in [-0.2, -0.15) is 0 Å². The highest BCUT2D eigenvalue weighted by atomic mass is 35.5. The van der Waals surface area contributed by atoms with E-state index in [9.17, 15) is 9.18 Å². The van der Waals surface area contributed by atoms with Gasteiger partial charge in [-0.3, -0.25) is 9.78 Å². The second kappa shape index (κ2) is 6.80. The average Bonchev–Trinajstić information content (AvgIpc) is 2.99. The fraction of sp³-hybridized carbons (Fsp3) is 0.118. The fourth-order valence-corrected chi connectivity index (χ4v) is 2.60. The third kappa shape index (κ3) is 3.28. The molecule has 0 spiro atoms. The van der Waals surface area contributed by atoms with E-state index in [0.717, 1.165) is 11.5 Å². The van der Waals surface area contributed by atoms with E-state index in [1.165, 1.54) is 30.6 Å². The second-order valence-electron chi connectivity index (χ2n) is 5.16. The van der Waals surface area contributed by atoms with E-state index in [2.05, 4.69) is 15.3 Å². The van der Waals surface area contributed by atoms with Gasteiger partial charge in [0.2, 0.25) is 0 Å². The minimum Gasteiger partial charge on any atom is -0.348 e. The summed E-state index contributed by atoms with van der Waals surface area (Å²) in [4.78, 5) is 20.3. The molecule has 1 amide bonds. The fourth-order valence-electron chi connectivity index (χ4n) is 2.39. The number of aryl methyl sites for hydroxylation is 1. The van der Waals surface area contributed by atoms with E-state index < -0.39 is 0 Å². The standard InChI is InChI=1S/C17H14ClFN4O/c1-11-21-6-7-23(11)16-3-2-13(19)8-12(16)9-22-17(24)14-4-5-20-10-15(14)18/h2-8,10H,9H2,1H3,(H,22,24). The minimum atomic E-state index is -0.372. The highest BCUT2D eigenvalue weighted by molar-refractivity contribution is 6.33. The number of imidazole rings is 1. The van der Waals surface area contributed by atoms with Crippen LogP contribution in [0.4, 0.5) is 4.39 Å². The largest absolute Gasteiger partial charge is 0.348 e. The first kappa shape index (κ1) is 16.1. The number of rotatable bonds is 4. The molecule has 0 unspecified atom stereocenters. The van der Waals surface area contributed by atoms with Crippen molar-refractivity contribution in [3.05, 3.63) is 76.8 Å². The highest BCUT2D eigenvalue weighted by Gasteiger charge is 2.13. The topological polar surface area (TPSA) is 59.8 Å². The summed E-state index contributed by atoms with van der Waals surface area (Å²) in [5, 5.41) is 3.02. The average molecular weight is 345 g/mol. The molecular formula is C17H14ClFN4O. The van der Waals surface area contributed by atoms with Crippen molar-refractivity contribution in [2.45, 2.75) is 13.5 Å². The zero-order valence-corrected chi connectivity index (χ0v) is 13.6. The number of benzene rings is 1. The van der Waals surface area contributed by atoms with Crippen LogP contribution in [0.3, 0.4) is 0 Å². The number of nitrogens with zero attached hydrogens (tertiary/aromatic N) is 3. The van der Waals surface area contributed by atoms with E-state index in [1.54, 1.807) is 18.5 Å². The number of carbonyl (C=O) groups is 1. The Morgan fingerprint density at radius 1 is 1.33 bits per heavy atom. The highest BCUT2D eigenvalue weighted by Crippen LogP contribution is 2.19. The smallest absolute Gasteiger partial charge is 0.253 e. The number of aromatic nitrogens is 3. The summed E-state index contributed by atoms with van der Waals surface area (Å²) in [6.45, 7) is 2.00. The Bertz CT molecular complexity index is 894. The quantitative estimate of drug-likeness (QED) is 0.790. The Labute approximate surface area is 143 Å². The number of pyridine rings is 1. The first-order valence-electron chi connectivity index (χ1n) is 7.22. The maximum Gasteiger partial charge on any atom is 0.253 e. The molecule has 2 aromatic heterocycles. The molecule has 0 aliphatic rings. The van der Waals surface area contributed by atoms with Gasteiger partial charge in [0.05, 0.1) is 16.3 Å². The van der Waals surface area contributed by atoms with Crippen molar-refractivity contribution in [1.82, 2.24) is 19.9 Å². The molecular weight excluding hydrogens is 331 g/mol. The Balaban J connectivity index is 1.85. The normalized spacial score (nSPS) is 10.6. The first-order chi connectivity index (χ1) is 11.6. The molecule has 3 rings (SSSR count). The van der Waals surface area contributed by atoms with Gasteiger partial charge in [-0.1, -0.05) is 11.6 Å². The summed E-state index contributed by atoms with van der Waals surface area (Å²) in [6.07, 6.45) is 6.34. The molecule has 2 heterocycles. The molecule has 24 heavy (non-hydrogen) atoms. The molecule has 7 heteroatoms. The van der Waals surface area contributed by atoms with Gasteiger partial charge in [0, 0.05) is 31.3 Å². The molecule has 122 valence electrons. The number of nitrogens with one attached hydrogen (secondary N) is 1. The summed E-state index contributed by atoms with van der Waals surface area (Å²) >= 11 is 5.96. The maximum absolute atomic E-state index is 13.6. The minimum absolute atomic E-state index is 0.155. The lowest BCUT2D eigenvalue weighted by atomic mass is 10.1. The molecule has 0 aliphatic heterocycles. The zero-order valence-electron chi connectivity index (χ0n) is 12.8. The van der Waals surface area contributed by atoms with Crippen molar-refractivity contribution in [1.29, 1.82) is 0 Å². The van der Waals surface area contributed by atoms with E-state index in [0.29, 0.717) is 11.1 Å². The molecule has 1 N–H and O–H groups in total. The van der Waals surface area contributed by atoms with Crippen LogP contribution in [0.15, 0.2) is 49.1 Å². The maximum atomic E-state index is 13.6. The van der Waals surface area contributed by atoms with E-state index in [1.807, 2.05) is 11.5 Å². The number of hydrogen-bond acceptors (Lipinski definition) is 3. The molecule has 0 atom stereocenters. The number of halogens is 2. The van der Waals surface area contributed by atoms with E-state index in [4.69, 9.17) is 11.6 Å². The molecule has 0 bridgehead atoms. The van der Waals surface area contributed by atoms with Crippen LogP contribution in [0.5, 0.6) is 0 Å². The lowest BCUT2D eigenvalue weighted by molar-refractivity contribution is 0.0951. The van der Waals surface area contributed by atoms with Crippen molar-refractivity contribution in [3.63, 3.8) is 0 Å². The van der Waals surface area contributed by atoms with Crippen molar-refractivity contribution in [2.75, 3.05) is 0 Å². The monoisotopic (exact) mass is 344 g/mol. The van der Waals surface area contributed by atoms with Crippen LogP contribution in [0.1, 0.15) is 21.7 Å². The van der Waals surface area contributed by atoms with Crippen LogP contribution in [-0.4, -0.2) is 20.4 Å². The summed E-state index contributed by atoms with van der Waals surface area (Å²) in [5.74, 6) is 0.0500. The van der Waals surface area contributed by atoms with Crippen LogP contribution in [0, 0.1) is 12.7 Å². The number of amides is 1. The van der Waals surface area contributed by atoms with Crippen molar-refractivity contribution in [3.8, 4) is 5.69 Å². The lowest BCUT2D eigenvalue weighted by Crippen LogP contribution is -2.24. The second-order valence-corrected chi connectivity index (χ2v) is 5.56. The SMILES string of the molecule is Cc1nccn1-c1ccc(F)cc1CNC(=O)c1ccncc1Cl. The van der Waals surface area contributed by atoms with Gasteiger partial charge >= 0.3 is 0 Å². The van der Waals surface area contributed by atoms with Gasteiger partial charge in [-0.05, 0) is 36.8 Å². The van der Waals surface area contributed by atoms with Gasteiger partial charge in [-0.15, -0.1) is 0 Å². The van der Waals surface area contributed by atoms with Crippen LogP contribution in [0.25, 0.3) is 5.69 Å². The molecule has 5 nitrogen and oxygen atoms in total. The van der Waals surface area contributed by atoms with Crippen LogP contribution in [0.2, 0.25) is 5.02 Å². The molecule has 0 fully saturated rings. The van der Waals surface area contributed by atoms with Crippen molar-refractivity contribution < 1.29 is 9.18 Å². The Morgan fingerprint density at radius 2 is 2.17 bits per heavy atom. The summed E-state index contributed by atoms with van der Waals surface area (Å²) < 4.78 is 15.5. The summed E-state index contributed by atoms with van der Waals surface area (Å²) in [6, 6.07) is 5.96. The molecule has 3 aromatic rings. The zero-order chi connectivity index (χ0) is 17.1. The van der Waals surface area contributed by atoms with Crippen molar-refractivity contribution >= 4 is 17.5 Å². The third-order valence-electron chi connectivity index (χ3n) is 3.58. The van der Waals surface area contributed by atoms with Gasteiger partial charge in [0.15, 0.2) is 0 Å². The van der Waals surface area contributed by atoms with E-state index >= 15 is 0 Å². The Kier molecular flexibility index (Phi) is 4.57.